The summed E-state index contributed by atoms with van der Waals surface area (Å²) in [7, 11) is 3.95. The van der Waals surface area contributed by atoms with Crippen LogP contribution in [0.4, 0.5) is 0 Å². The maximum Gasteiger partial charge on any atom is 0.119 e. The minimum atomic E-state index is -0.125. The number of benzene rings is 1. The van der Waals surface area contributed by atoms with Crippen molar-refractivity contribution in [2.45, 2.75) is 37.3 Å². The van der Waals surface area contributed by atoms with Crippen LogP contribution in [0.25, 0.3) is 0 Å². The monoisotopic (exact) mass is 261 g/mol. The smallest absolute Gasteiger partial charge is 0.119 e. The van der Waals surface area contributed by atoms with Gasteiger partial charge in [-0.15, -0.1) is 0 Å². The molecule has 2 fully saturated rings. The minimum absolute atomic E-state index is 0.125. The van der Waals surface area contributed by atoms with Crippen molar-refractivity contribution in [2.75, 3.05) is 27.3 Å². The molecule has 3 rings (SSSR count). The molecular weight excluding hydrogens is 238 g/mol. The fraction of sp³-hybridized carbons (Fsp3) is 0.625. The average molecular weight is 261 g/mol. The van der Waals surface area contributed by atoms with Crippen molar-refractivity contribution in [3.05, 3.63) is 29.8 Å². The molecule has 0 N–H and O–H groups in total. The Labute approximate surface area is 115 Å². The van der Waals surface area contributed by atoms with Gasteiger partial charge in [0, 0.05) is 12.6 Å². The molecule has 1 aliphatic heterocycles. The van der Waals surface area contributed by atoms with Gasteiger partial charge in [0.2, 0.25) is 0 Å². The number of morpholine rings is 1. The van der Waals surface area contributed by atoms with Gasteiger partial charge in [-0.2, -0.15) is 0 Å². The van der Waals surface area contributed by atoms with Gasteiger partial charge in [0.1, 0.15) is 11.4 Å². The van der Waals surface area contributed by atoms with E-state index in [1.807, 2.05) is 6.07 Å². The Kier molecular flexibility index (Phi) is 3.50. The Morgan fingerprint density at radius 2 is 2.26 bits per heavy atom. The molecule has 0 unspecified atom stereocenters. The number of hydrogen-bond donors (Lipinski definition) is 0. The molecule has 1 saturated carbocycles. The van der Waals surface area contributed by atoms with Crippen molar-refractivity contribution in [1.29, 1.82) is 0 Å². The van der Waals surface area contributed by atoms with Crippen LogP contribution in [-0.4, -0.2) is 38.3 Å². The van der Waals surface area contributed by atoms with E-state index in [-0.39, 0.29) is 5.60 Å². The van der Waals surface area contributed by atoms with E-state index in [9.17, 15) is 0 Å². The minimum Gasteiger partial charge on any atom is -0.497 e. The normalized spacial score (nSPS) is 31.8. The number of likely N-dealkylation sites (N-methyl/N-ethyl adjacent to an activating group) is 1. The molecule has 19 heavy (non-hydrogen) atoms. The maximum absolute atomic E-state index is 6.33. The third-order valence-electron chi connectivity index (χ3n) is 4.71. The van der Waals surface area contributed by atoms with Crippen LogP contribution < -0.4 is 4.74 Å². The molecule has 3 heteroatoms. The molecule has 2 atom stereocenters. The van der Waals surface area contributed by atoms with Gasteiger partial charge in [0.05, 0.1) is 13.7 Å². The standard InChI is InChI=1S/C16H23NO2/c1-17-10-11-19-16(9-4-3-8-15(16)17)13-6-5-7-14(12-13)18-2/h5-7,12,15H,3-4,8-11H2,1-2H3/t15-,16+/m1/s1. The first kappa shape index (κ1) is 12.9. The Balaban J connectivity index is 2.01. The number of fused-ring (bicyclic) bond motifs is 1. The Bertz CT molecular complexity index is 444. The summed E-state index contributed by atoms with van der Waals surface area (Å²) < 4.78 is 11.7. The lowest BCUT2D eigenvalue weighted by molar-refractivity contribution is -0.165. The molecule has 0 amide bonds. The van der Waals surface area contributed by atoms with E-state index in [0.717, 1.165) is 25.3 Å². The highest BCUT2D eigenvalue weighted by Gasteiger charge is 2.47. The van der Waals surface area contributed by atoms with Gasteiger partial charge in [0.25, 0.3) is 0 Å². The van der Waals surface area contributed by atoms with E-state index in [2.05, 4.69) is 30.1 Å². The SMILES string of the molecule is COc1cccc([C@@]23CCCC[C@H]2N(C)CCO3)c1. The van der Waals surface area contributed by atoms with Gasteiger partial charge < -0.3 is 9.47 Å². The Hall–Kier alpha value is -1.06. The highest BCUT2D eigenvalue weighted by Crippen LogP contribution is 2.45. The van der Waals surface area contributed by atoms with Gasteiger partial charge in [0.15, 0.2) is 0 Å². The van der Waals surface area contributed by atoms with Crippen LogP contribution in [0.1, 0.15) is 31.2 Å². The Morgan fingerprint density at radius 1 is 1.37 bits per heavy atom. The van der Waals surface area contributed by atoms with Crippen molar-refractivity contribution in [2.24, 2.45) is 0 Å². The van der Waals surface area contributed by atoms with Gasteiger partial charge in [-0.3, -0.25) is 4.90 Å². The zero-order chi connectivity index (χ0) is 13.3. The lowest BCUT2D eigenvalue weighted by Gasteiger charge is -2.51. The van der Waals surface area contributed by atoms with Gasteiger partial charge in [-0.05, 0) is 37.6 Å². The first-order valence-electron chi connectivity index (χ1n) is 7.25. The lowest BCUT2D eigenvalue weighted by atomic mass is 9.74. The lowest BCUT2D eigenvalue weighted by Crippen LogP contribution is -2.57. The molecule has 1 aromatic rings. The van der Waals surface area contributed by atoms with Gasteiger partial charge in [-0.1, -0.05) is 25.0 Å². The van der Waals surface area contributed by atoms with E-state index >= 15 is 0 Å². The van der Waals surface area contributed by atoms with Crippen LogP contribution in [0, 0.1) is 0 Å². The summed E-state index contributed by atoms with van der Waals surface area (Å²) in [5.41, 5.74) is 1.16. The first-order chi connectivity index (χ1) is 9.26. The molecule has 3 nitrogen and oxygen atoms in total. The number of methoxy groups -OCH3 is 1. The molecule has 104 valence electrons. The van der Waals surface area contributed by atoms with E-state index < -0.39 is 0 Å². The van der Waals surface area contributed by atoms with Crippen molar-refractivity contribution in [3.63, 3.8) is 0 Å². The number of rotatable bonds is 2. The van der Waals surface area contributed by atoms with Crippen molar-refractivity contribution < 1.29 is 9.47 Å². The largest absolute Gasteiger partial charge is 0.497 e. The van der Waals surface area contributed by atoms with E-state index in [1.165, 1.54) is 24.8 Å². The average Bonchev–Trinajstić information content (AvgIpc) is 2.48. The molecule has 0 aromatic heterocycles. The van der Waals surface area contributed by atoms with Crippen LogP contribution >= 0.6 is 0 Å². The summed E-state index contributed by atoms with van der Waals surface area (Å²) in [5, 5.41) is 0. The third-order valence-corrected chi connectivity index (χ3v) is 4.71. The quantitative estimate of drug-likeness (QED) is 0.817. The number of nitrogens with zero attached hydrogens (tertiary/aromatic N) is 1. The highest BCUT2D eigenvalue weighted by molar-refractivity contribution is 5.34. The van der Waals surface area contributed by atoms with E-state index in [0.29, 0.717) is 6.04 Å². The van der Waals surface area contributed by atoms with Crippen LogP contribution in [-0.2, 0) is 10.3 Å². The second kappa shape index (κ2) is 5.14. The second-order valence-corrected chi connectivity index (χ2v) is 5.71. The van der Waals surface area contributed by atoms with Gasteiger partial charge in [-0.25, -0.2) is 0 Å². The molecule has 1 aromatic carbocycles. The van der Waals surface area contributed by atoms with E-state index in [1.54, 1.807) is 7.11 Å². The van der Waals surface area contributed by atoms with Crippen LogP contribution in [0.15, 0.2) is 24.3 Å². The fourth-order valence-corrected chi connectivity index (χ4v) is 3.70. The van der Waals surface area contributed by atoms with Crippen molar-refractivity contribution in [1.82, 2.24) is 4.90 Å². The van der Waals surface area contributed by atoms with Crippen molar-refractivity contribution in [3.8, 4) is 5.75 Å². The maximum atomic E-state index is 6.33. The molecule has 0 spiro atoms. The molecule has 2 aliphatic rings. The first-order valence-corrected chi connectivity index (χ1v) is 7.25. The van der Waals surface area contributed by atoms with Crippen LogP contribution in [0.5, 0.6) is 5.75 Å². The predicted molar refractivity (Wildman–Crippen MR) is 75.5 cm³/mol. The highest BCUT2D eigenvalue weighted by atomic mass is 16.5. The van der Waals surface area contributed by atoms with Crippen LogP contribution in [0.2, 0.25) is 0 Å². The fourth-order valence-electron chi connectivity index (χ4n) is 3.70. The molecular formula is C16H23NO2. The number of hydrogen-bond acceptors (Lipinski definition) is 3. The molecule has 1 saturated heterocycles. The third kappa shape index (κ3) is 2.15. The molecule has 1 aliphatic carbocycles. The van der Waals surface area contributed by atoms with Crippen molar-refractivity contribution >= 4 is 0 Å². The van der Waals surface area contributed by atoms with Crippen LogP contribution in [0.3, 0.4) is 0 Å². The molecule has 0 bridgehead atoms. The zero-order valence-electron chi connectivity index (χ0n) is 11.9. The topological polar surface area (TPSA) is 21.7 Å². The second-order valence-electron chi connectivity index (χ2n) is 5.71. The summed E-state index contributed by atoms with van der Waals surface area (Å²) in [4.78, 5) is 2.47. The van der Waals surface area contributed by atoms with E-state index in [4.69, 9.17) is 9.47 Å². The summed E-state index contributed by atoms with van der Waals surface area (Å²) in [5.74, 6) is 0.924. The number of ether oxygens (including phenoxy) is 2. The van der Waals surface area contributed by atoms with Gasteiger partial charge >= 0.3 is 0 Å². The summed E-state index contributed by atoms with van der Waals surface area (Å²) in [6.45, 7) is 1.86. The summed E-state index contributed by atoms with van der Waals surface area (Å²) >= 11 is 0. The summed E-state index contributed by atoms with van der Waals surface area (Å²) in [6, 6.07) is 8.93. The Morgan fingerprint density at radius 3 is 3.11 bits per heavy atom. The molecule has 0 radical (unpaired) electrons. The summed E-state index contributed by atoms with van der Waals surface area (Å²) in [6.07, 6.45) is 4.91. The zero-order valence-corrected chi connectivity index (χ0v) is 11.9. The molecule has 1 heterocycles. The predicted octanol–water partition coefficient (Wildman–Crippen LogP) is 2.80.